The van der Waals surface area contributed by atoms with Gasteiger partial charge in [-0.05, 0) is 29.8 Å². The molecule has 1 heterocycles. The molecule has 4 nitrogen and oxygen atoms in total. The number of aryl methyl sites for hydroxylation is 1. The van der Waals surface area contributed by atoms with Gasteiger partial charge in [0.15, 0.2) is 6.61 Å². The van der Waals surface area contributed by atoms with Crippen LogP contribution in [-0.2, 0) is 18.4 Å². The molecule has 0 bridgehead atoms. The third kappa shape index (κ3) is 4.18. The Bertz CT molecular complexity index is 611. The first-order valence-corrected chi connectivity index (χ1v) is 6.75. The normalized spacial score (nSPS) is 10.3. The second kappa shape index (κ2) is 6.68. The van der Waals surface area contributed by atoms with Crippen molar-refractivity contribution >= 4 is 29.1 Å². The highest BCUT2D eigenvalue weighted by atomic mass is 35.5. The van der Waals surface area contributed by atoms with Gasteiger partial charge in [-0.25, -0.2) is 0 Å². The number of carbonyl (C=O) groups is 1. The summed E-state index contributed by atoms with van der Waals surface area (Å²) in [6.45, 7) is 0.381. The van der Waals surface area contributed by atoms with Crippen molar-refractivity contribution in [1.29, 1.82) is 0 Å². The van der Waals surface area contributed by atoms with Crippen molar-refractivity contribution in [1.82, 2.24) is 9.88 Å². The van der Waals surface area contributed by atoms with Crippen LogP contribution in [0.2, 0.25) is 10.0 Å². The lowest BCUT2D eigenvalue weighted by molar-refractivity contribution is -0.123. The molecular formula is C14H14Cl2N2O2. The minimum atomic E-state index is -0.208. The molecule has 0 aliphatic rings. The van der Waals surface area contributed by atoms with Gasteiger partial charge < -0.3 is 14.6 Å². The zero-order chi connectivity index (χ0) is 14.5. The summed E-state index contributed by atoms with van der Waals surface area (Å²) in [4.78, 5) is 11.7. The lowest BCUT2D eigenvalue weighted by atomic mass is 10.3. The van der Waals surface area contributed by atoms with Gasteiger partial charge in [0.2, 0.25) is 0 Å². The maximum Gasteiger partial charge on any atom is 0.258 e. The molecule has 1 aromatic carbocycles. The zero-order valence-corrected chi connectivity index (χ0v) is 12.4. The van der Waals surface area contributed by atoms with E-state index in [0.29, 0.717) is 22.3 Å². The quantitative estimate of drug-likeness (QED) is 0.922. The van der Waals surface area contributed by atoms with Gasteiger partial charge in [0.05, 0.1) is 5.02 Å². The number of carbonyl (C=O) groups excluding carboxylic acids is 1. The standard InChI is InChI=1S/C14H14Cl2N2O2/c1-18-5-4-10(8-18)7-17-14(19)9-20-13-3-2-11(15)6-12(13)16/h2-6,8H,7,9H2,1H3,(H,17,19). The molecule has 0 saturated carbocycles. The lowest BCUT2D eigenvalue weighted by Crippen LogP contribution is -2.28. The number of halogens is 2. The fraction of sp³-hybridized carbons (Fsp3) is 0.214. The molecule has 1 aromatic heterocycles. The Morgan fingerprint density at radius 2 is 2.15 bits per heavy atom. The first-order chi connectivity index (χ1) is 9.54. The van der Waals surface area contributed by atoms with Crippen molar-refractivity contribution in [3.05, 3.63) is 52.3 Å². The van der Waals surface area contributed by atoms with Crippen LogP contribution in [0.25, 0.3) is 0 Å². The number of nitrogens with one attached hydrogen (secondary N) is 1. The van der Waals surface area contributed by atoms with E-state index >= 15 is 0 Å². The fourth-order valence-electron chi connectivity index (χ4n) is 1.65. The molecule has 2 rings (SSSR count). The Balaban J connectivity index is 1.80. The summed E-state index contributed by atoms with van der Waals surface area (Å²) in [5.74, 6) is 0.228. The molecule has 0 unspecified atom stereocenters. The summed E-state index contributed by atoms with van der Waals surface area (Å²) in [6, 6.07) is 6.80. The third-order valence-electron chi connectivity index (χ3n) is 2.64. The van der Waals surface area contributed by atoms with Gasteiger partial charge in [0, 0.05) is 31.0 Å². The van der Waals surface area contributed by atoms with Crippen molar-refractivity contribution in [2.75, 3.05) is 6.61 Å². The summed E-state index contributed by atoms with van der Waals surface area (Å²) < 4.78 is 7.26. The van der Waals surface area contributed by atoms with Crippen molar-refractivity contribution < 1.29 is 9.53 Å². The second-order valence-corrected chi connectivity index (χ2v) is 5.17. The monoisotopic (exact) mass is 312 g/mol. The van der Waals surface area contributed by atoms with Gasteiger partial charge in [0.25, 0.3) is 5.91 Å². The summed E-state index contributed by atoms with van der Waals surface area (Å²) in [7, 11) is 1.93. The van der Waals surface area contributed by atoms with Crippen LogP contribution in [0.1, 0.15) is 5.56 Å². The Morgan fingerprint density at radius 3 is 2.80 bits per heavy atom. The Kier molecular flexibility index (Phi) is 4.93. The third-order valence-corrected chi connectivity index (χ3v) is 3.17. The highest BCUT2D eigenvalue weighted by Gasteiger charge is 2.06. The van der Waals surface area contributed by atoms with Crippen LogP contribution in [0, 0.1) is 0 Å². The number of hydrogen-bond acceptors (Lipinski definition) is 2. The molecule has 2 aromatic rings. The number of hydrogen-bond donors (Lipinski definition) is 1. The summed E-state index contributed by atoms with van der Waals surface area (Å²) >= 11 is 11.7. The van der Waals surface area contributed by atoms with Crippen LogP contribution >= 0.6 is 23.2 Å². The van der Waals surface area contributed by atoms with Gasteiger partial charge >= 0.3 is 0 Å². The molecule has 0 atom stereocenters. The number of aromatic nitrogens is 1. The van der Waals surface area contributed by atoms with E-state index in [-0.39, 0.29) is 12.5 Å². The topological polar surface area (TPSA) is 43.3 Å². The van der Waals surface area contributed by atoms with Crippen LogP contribution in [0.5, 0.6) is 5.75 Å². The average molecular weight is 313 g/mol. The van der Waals surface area contributed by atoms with E-state index in [4.69, 9.17) is 27.9 Å². The van der Waals surface area contributed by atoms with Crippen LogP contribution in [0.15, 0.2) is 36.7 Å². The van der Waals surface area contributed by atoms with E-state index in [1.165, 1.54) is 0 Å². The molecule has 1 N–H and O–H groups in total. The highest BCUT2D eigenvalue weighted by Crippen LogP contribution is 2.27. The van der Waals surface area contributed by atoms with Crippen molar-refractivity contribution in [2.24, 2.45) is 7.05 Å². The van der Waals surface area contributed by atoms with E-state index in [9.17, 15) is 4.79 Å². The highest BCUT2D eigenvalue weighted by molar-refractivity contribution is 6.35. The van der Waals surface area contributed by atoms with Crippen molar-refractivity contribution in [2.45, 2.75) is 6.54 Å². The molecule has 0 aliphatic carbocycles. The number of amides is 1. The molecule has 20 heavy (non-hydrogen) atoms. The minimum absolute atomic E-state index is 0.0891. The molecule has 0 fully saturated rings. The van der Waals surface area contributed by atoms with Gasteiger partial charge in [-0.1, -0.05) is 23.2 Å². The predicted molar refractivity (Wildman–Crippen MR) is 79.2 cm³/mol. The van der Waals surface area contributed by atoms with E-state index in [1.807, 2.05) is 30.1 Å². The van der Waals surface area contributed by atoms with Crippen LogP contribution < -0.4 is 10.1 Å². The molecule has 1 amide bonds. The Morgan fingerprint density at radius 1 is 1.35 bits per heavy atom. The number of ether oxygens (including phenoxy) is 1. The molecule has 0 saturated heterocycles. The SMILES string of the molecule is Cn1ccc(CNC(=O)COc2ccc(Cl)cc2Cl)c1. The number of rotatable bonds is 5. The molecule has 0 aliphatic heterocycles. The van der Waals surface area contributed by atoms with Gasteiger partial charge in [-0.3, -0.25) is 4.79 Å². The number of benzene rings is 1. The molecule has 0 radical (unpaired) electrons. The summed E-state index contributed by atoms with van der Waals surface area (Å²) in [5, 5.41) is 3.67. The molecule has 6 heteroatoms. The lowest BCUT2D eigenvalue weighted by Gasteiger charge is -2.08. The van der Waals surface area contributed by atoms with Crippen LogP contribution in [0.4, 0.5) is 0 Å². The van der Waals surface area contributed by atoms with Crippen molar-refractivity contribution in [3.8, 4) is 5.75 Å². The first-order valence-electron chi connectivity index (χ1n) is 6.00. The Hall–Kier alpha value is -1.65. The first kappa shape index (κ1) is 14.8. The average Bonchev–Trinajstić information content (AvgIpc) is 2.81. The van der Waals surface area contributed by atoms with Crippen LogP contribution in [-0.4, -0.2) is 17.1 Å². The minimum Gasteiger partial charge on any atom is -0.482 e. The summed E-state index contributed by atoms with van der Waals surface area (Å²) in [6.07, 6.45) is 3.86. The van der Waals surface area contributed by atoms with Gasteiger partial charge in [-0.2, -0.15) is 0 Å². The largest absolute Gasteiger partial charge is 0.482 e. The zero-order valence-electron chi connectivity index (χ0n) is 10.9. The number of nitrogens with zero attached hydrogens (tertiary/aromatic N) is 1. The van der Waals surface area contributed by atoms with E-state index in [2.05, 4.69) is 5.32 Å². The van der Waals surface area contributed by atoms with E-state index in [1.54, 1.807) is 18.2 Å². The van der Waals surface area contributed by atoms with E-state index < -0.39 is 0 Å². The van der Waals surface area contributed by atoms with Gasteiger partial charge in [0.1, 0.15) is 5.75 Å². The smallest absolute Gasteiger partial charge is 0.258 e. The van der Waals surface area contributed by atoms with Crippen molar-refractivity contribution in [3.63, 3.8) is 0 Å². The molecular weight excluding hydrogens is 299 g/mol. The maximum atomic E-state index is 11.7. The fourth-order valence-corrected chi connectivity index (χ4v) is 2.12. The molecule has 0 spiro atoms. The summed E-state index contributed by atoms with van der Waals surface area (Å²) in [5.41, 5.74) is 1.03. The Labute approximate surface area is 127 Å². The predicted octanol–water partition coefficient (Wildman–Crippen LogP) is 3.03. The second-order valence-electron chi connectivity index (χ2n) is 4.33. The molecule has 106 valence electrons. The van der Waals surface area contributed by atoms with Gasteiger partial charge in [-0.15, -0.1) is 0 Å². The maximum absolute atomic E-state index is 11.7. The van der Waals surface area contributed by atoms with E-state index in [0.717, 1.165) is 5.56 Å². The van der Waals surface area contributed by atoms with Crippen LogP contribution in [0.3, 0.4) is 0 Å².